The van der Waals surface area contributed by atoms with Gasteiger partial charge < -0.3 is 24.7 Å². The van der Waals surface area contributed by atoms with E-state index in [4.69, 9.17) is 9.47 Å². The lowest BCUT2D eigenvalue weighted by Crippen LogP contribution is -2.42. The molecule has 6 nitrogen and oxygen atoms in total. The minimum absolute atomic E-state index is 0.273. The molecular weight excluding hydrogens is 286 g/mol. The van der Waals surface area contributed by atoms with Gasteiger partial charge >= 0.3 is 0 Å². The van der Waals surface area contributed by atoms with E-state index in [1.165, 1.54) is 0 Å². The van der Waals surface area contributed by atoms with E-state index in [1.807, 2.05) is 0 Å². The summed E-state index contributed by atoms with van der Waals surface area (Å²) in [5.74, 6) is -1.41. The number of fused-ring (bicyclic) bond motifs is 1. The number of ether oxygens (including phenoxy) is 2. The number of carbonyl (C=O) groups excluding carboxylic acids is 2. The van der Waals surface area contributed by atoms with Gasteiger partial charge in [-0.3, -0.25) is 4.79 Å². The van der Waals surface area contributed by atoms with Gasteiger partial charge in [-0.05, 0) is 25.0 Å². The number of carbonyl (C=O) groups is 2. The highest BCUT2D eigenvalue weighted by atomic mass is 16.6. The average Bonchev–Trinajstić information content (AvgIpc) is 2.54. The number of amides is 1. The second-order valence-electron chi connectivity index (χ2n) is 5.66. The van der Waals surface area contributed by atoms with Gasteiger partial charge in [-0.15, -0.1) is 0 Å². The number of carboxylic acids is 1. The Morgan fingerprint density at radius 1 is 1.05 bits per heavy atom. The van der Waals surface area contributed by atoms with Crippen LogP contribution in [0.25, 0.3) is 0 Å². The molecule has 1 aromatic carbocycles. The molecule has 1 fully saturated rings. The Morgan fingerprint density at radius 2 is 1.73 bits per heavy atom. The van der Waals surface area contributed by atoms with Crippen LogP contribution >= 0.6 is 0 Å². The number of nitrogens with one attached hydrogen (secondary N) is 1. The highest BCUT2D eigenvalue weighted by Gasteiger charge is 2.31. The highest BCUT2D eigenvalue weighted by molar-refractivity contribution is 5.95. The lowest BCUT2D eigenvalue weighted by molar-refractivity contribution is -0.313. The van der Waals surface area contributed by atoms with Crippen molar-refractivity contribution in [2.45, 2.75) is 25.7 Å². The number of rotatable bonds is 3. The third-order valence-electron chi connectivity index (χ3n) is 4.22. The van der Waals surface area contributed by atoms with E-state index in [2.05, 4.69) is 5.32 Å². The third-order valence-corrected chi connectivity index (χ3v) is 4.22. The van der Waals surface area contributed by atoms with Crippen molar-refractivity contribution in [3.05, 3.63) is 18.2 Å². The third kappa shape index (κ3) is 3.00. The first kappa shape index (κ1) is 14.7. The summed E-state index contributed by atoms with van der Waals surface area (Å²) in [7, 11) is 0. The summed E-state index contributed by atoms with van der Waals surface area (Å²) < 4.78 is 10.9. The summed E-state index contributed by atoms with van der Waals surface area (Å²) in [6.45, 7) is 0.980. The van der Waals surface area contributed by atoms with Crippen molar-refractivity contribution >= 4 is 17.6 Å². The van der Waals surface area contributed by atoms with Crippen LogP contribution in [-0.4, -0.2) is 25.1 Å². The van der Waals surface area contributed by atoms with Crippen LogP contribution < -0.4 is 19.9 Å². The molecule has 1 heterocycles. The zero-order valence-corrected chi connectivity index (χ0v) is 12.2. The molecule has 2 atom stereocenters. The van der Waals surface area contributed by atoms with E-state index in [-0.39, 0.29) is 5.91 Å². The molecule has 0 radical (unpaired) electrons. The quantitative estimate of drug-likeness (QED) is 0.898. The Bertz CT molecular complexity index is 586. The van der Waals surface area contributed by atoms with E-state index in [9.17, 15) is 14.7 Å². The molecule has 1 aromatic rings. The number of hydrogen-bond donors (Lipinski definition) is 1. The Hall–Kier alpha value is -2.24. The smallest absolute Gasteiger partial charge is 0.228 e. The second kappa shape index (κ2) is 6.25. The van der Waals surface area contributed by atoms with Crippen molar-refractivity contribution < 1.29 is 24.2 Å². The van der Waals surface area contributed by atoms with Gasteiger partial charge in [0, 0.05) is 29.6 Å². The van der Waals surface area contributed by atoms with Gasteiger partial charge in [0.2, 0.25) is 5.91 Å². The van der Waals surface area contributed by atoms with E-state index in [0.717, 1.165) is 12.8 Å². The Labute approximate surface area is 128 Å². The monoisotopic (exact) mass is 304 g/mol. The molecule has 1 amide bonds. The molecule has 1 N–H and O–H groups in total. The topological polar surface area (TPSA) is 87.7 Å². The molecule has 0 saturated heterocycles. The van der Waals surface area contributed by atoms with Crippen molar-refractivity contribution in [3.8, 4) is 11.5 Å². The zero-order valence-electron chi connectivity index (χ0n) is 12.2. The van der Waals surface area contributed by atoms with Crippen LogP contribution in [0.1, 0.15) is 25.7 Å². The fraction of sp³-hybridized carbons (Fsp3) is 0.500. The van der Waals surface area contributed by atoms with Gasteiger partial charge in [0.05, 0.1) is 0 Å². The number of anilines is 1. The predicted octanol–water partition coefficient (Wildman–Crippen LogP) is 0.953. The molecule has 2 aliphatic rings. The first-order valence-electron chi connectivity index (χ1n) is 7.56. The fourth-order valence-corrected chi connectivity index (χ4v) is 3.08. The molecule has 2 unspecified atom stereocenters. The van der Waals surface area contributed by atoms with Gasteiger partial charge in [0.15, 0.2) is 11.5 Å². The van der Waals surface area contributed by atoms with Crippen molar-refractivity contribution in [1.29, 1.82) is 0 Å². The van der Waals surface area contributed by atoms with Crippen molar-refractivity contribution in [3.63, 3.8) is 0 Å². The minimum Gasteiger partial charge on any atom is -0.550 e. The van der Waals surface area contributed by atoms with Crippen LogP contribution in [0.15, 0.2) is 18.2 Å². The first-order valence-corrected chi connectivity index (χ1v) is 7.56. The summed E-state index contributed by atoms with van der Waals surface area (Å²) in [5, 5.41) is 14.0. The lowest BCUT2D eigenvalue weighted by Gasteiger charge is -2.31. The number of aliphatic carboxylic acids is 1. The predicted molar refractivity (Wildman–Crippen MR) is 76.5 cm³/mol. The molecule has 6 heteroatoms. The average molecular weight is 304 g/mol. The van der Waals surface area contributed by atoms with Crippen molar-refractivity contribution in [2.24, 2.45) is 11.8 Å². The number of carboxylic acid groups (broad SMARTS) is 1. The normalized spacial score (nSPS) is 23.6. The summed E-state index contributed by atoms with van der Waals surface area (Å²) in [6.07, 6.45) is 2.77. The molecule has 1 saturated carbocycles. The fourth-order valence-electron chi connectivity index (χ4n) is 3.08. The molecule has 22 heavy (non-hydrogen) atoms. The molecular formula is C16H18NO5-. The number of benzene rings is 1. The van der Waals surface area contributed by atoms with E-state index >= 15 is 0 Å². The summed E-state index contributed by atoms with van der Waals surface area (Å²) in [5.41, 5.74) is 0.580. The van der Waals surface area contributed by atoms with E-state index in [1.54, 1.807) is 18.2 Å². The van der Waals surface area contributed by atoms with E-state index in [0.29, 0.717) is 43.2 Å². The molecule has 0 aromatic heterocycles. The Kier molecular flexibility index (Phi) is 4.18. The standard InChI is InChI=1S/C16H19NO5/c18-15(11-3-1-2-4-12(11)16(19)20)17-10-5-6-13-14(9-10)22-8-7-21-13/h5-6,9,11-12H,1-4,7-8H2,(H,17,18)(H,19,20)/p-1. The van der Waals surface area contributed by atoms with Crippen LogP contribution in [0.3, 0.4) is 0 Å². The van der Waals surface area contributed by atoms with Gasteiger partial charge in [-0.25, -0.2) is 0 Å². The molecule has 1 aliphatic carbocycles. The first-order chi connectivity index (χ1) is 10.6. The lowest BCUT2D eigenvalue weighted by atomic mass is 9.78. The number of hydrogen-bond acceptors (Lipinski definition) is 5. The largest absolute Gasteiger partial charge is 0.550 e. The van der Waals surface area contributed by atoms with Crippen LogP contribution in [0, 0.1) is 11.8 Å². The maximum Gasteiger partial charge on any atom is 0.228 e. The molecule has 3 rings (SSSR count). The SMILES string of the molecule is O=C([O-])C1CCCCC1C(=O)Nc1ccc2c(c1)OCCO2. The van der Waals surface area contributed by atoms with Crippen molar-refractivity contribution in [2.75, 3.05) is 18.5 Å². The molecule has 0 spiro atoms. The van der Waals surface area contributed by atoms with Gasteiger partial charge in [0.1, 0.15) is 13.2 Å². The zero-order chi connectivity index (χ0) is 15.5. The second-order valence-corrected chi connectivity index (χ2v) is 5.66. The van der Waals surface area contributed by atoms with Gasteiger partial charge in [0.25, 0.3) is 0 Å². The molecule has 0 bridgehead atoms. The van der Waals surface area contributed by atoms with Crippen LogP contribution in [-0.2, 0) is 9.59 Å². The maximum absolute atomic E-state index is 12.4. The summed E-state index contributed by atoms with van der Waals surface area (Å²) in [6, 6.07) is 5.16. The summed E-state index contributed by atoms with van der Waals surface area (Å²) >= 11 is 0. The molecule has 1 aliphatic heterocycles. The van der Waals surface area contributed by atoms with Gasteiger partial charge in [-0.2, -0.15) is 0 Å². The van der Waals surface area contributed by atoms with E-state index < -0.39 is 17.8 Å². The highest BCUT2D eigenvalue weighted by Crippen LogP contribution is 2.34. The summed E-state index contributed by atoms with van der Waals surface area (Å²) in [4.78, 5) is 23.6. The van der Waals surface area contributed by atoms with Crippen LogP contribution in [0.5, 0.6) is 11.5 Å². The van der Waals surface area contributed by atoms with Crippen LogP contribution in [0.2, 0.25) is 0 Å². The maximum atomic E-state index is 12.4. The van der Waals surface area contributed by atoms with Crippen molar-refractivity contribution in [1.82, 2.24) is 0 Å². The van der Waals surface area contributed by atoms with Crippen LogP contribution in [0.4, 0.5) is 5.69 Å². The minimum atomic E-state index is -1.14. The Balaban J connectivity index is 1.71. The Morgan fingerprint density at radius 3 is 2.45 bits per heavy atom. The van der Waals surface area contributed by atoms with Gasteiger partial charge in [-0.1, -0.05) is 12.8 Å². The molecule has 118 valence electrons.